The van der Waals surface area contributed by atoms with E-state index in [1.54, 1.807) is 0 Å². The quantitative estimate of drug-likeness (QED) is 0.266. The zero-order chi connectivity index (χ0) is 26.7. The van der Waals surface area contributed by atoms with Gasteiger partial charge in [0.15, 0.2) is 6.29 Å². The molecule has 1 aromatic carbocycles. The van der Waals surface area contributed by atoms with Crippen molar-refractivity contribution in [1.82, 2.24) is 10.2 Å². The van der Waals surface area contributed by atoms with E-state index in [1.165, 1.54) is 5.57 Å². The molecular formula is C30H35BrN2O5. The standard InChI is InChI=1S/C30H35BrN2O5/c1-17-4-11-24-29(2,22(17)10-9-20-23(34)15-36-27(20)35)13-12-25-30(24,3)16-37-28(38-25)21-14-32-33-26(21)18-5-7-19(31)8-6-18/h5-9,14,22-25,28,34H,1,4,10-13,15-16H2,2-3H3,(H,32,33)/b20-9+/t22-,23?,24+,25-,28?,29+,30+/m1/s1. The molecule has 0 amide bonds. The van der Waals surface area contributed by atoms with Crippen LogP contribution in [0.4, 0.5) is 0 Å². The number of hydrogen-bond donors (Lipinski definition) is 2. The minimum Gasteiger partial charge on any atom is -0.459 e. The maximum atomic E-state index is 12.1. The summed E-state index contributed by atoms with van der Waals surface area (Å²) in [5.41, 5.74) is 4.37. The molecule has 3 heterocycles. The van der Waals surface area contributed by atoms with Crippen LogP contribution in [-0.4, -0.2) is 46.7 Å². The fourth-order valence-electron chi connectivity index (χ4n) is 7.68. The van der Waals surface area contributed by atoms with Crippen LogP contribution in [-0.2, 0) is 19.0 Å². The number of aliphatic hydroxyl groups is 1. The number of rotatable bonds is 4. The number of fused-ring (bicyclic) bond motifs is 3. The fraction of sp³-hybridized carbons (Fsp3) is 0.533. The second-order valence-electron chi connectivity index (χ2n) is 11.8. The van der Waals surface area contributed by atoms with Crippen LogP contribution in [0.3, 0.4) is 0 Å². The van der Waals surface area contributed by atoms with Crippen LogP contribution in [0.15, 0.2) is 58.7 Å². The van der Waals surface area contributed by atoms with Crippen molar-refractivity contribution in [2.75, 3.05) is 13.2 Å². The van der Waals surface area contributed by atoms with Crippen molar-refractivity contribution in [3.05, 3.63) is 64.3 Å². The highest BCUT2D eigenvalue weighted by Crippen LogP contribution is 2.64. The van der Waals surface area contributed by atoms with Gasteiger partial charge in [0.2, 0.25) is 0 Å². The average Bonchev–Trinajstić information content (AvgIpc) is 3.50. The Hall–Kier alpha value is -2.26. The lowest BCUT2D eigenvalue weighted by atomic mass is 9.46. The monoisotopic (exact) mass is 582 g/mol. The maximum absolute atomic E-state index is 12.1. The van der Waals surface area contributed by atoms with E-state index in [2.05, 4.69) is 58.7 Å². The molecule has 2 aliphatic heterocycles. The minimum atomic E-state index is -0.835. The van der Waals surface area contributed by atoms with Gasteiger partial charge in [-0.2, -0.15) is 5.10 Å². The predicted molar refractivity (Wildman–Crippen MR) is 146 cm³/mol. The van der Waals surface area contributed by atoms with Gasteiger partial charge in [-0.05, 0) is 61.5 Å². The molecule has 4 aliphatic rings. The van der Waals surface area contributed by atoms with Crippen LogP contribution in [0.1, 0.15) is 57.8 Å². The number of halogens is 1. The molecule has 7 atom stereocenters. The van der Waals surface area contributed by atoms with Crippen LogP contribution in [0.2, 0.25) is 0 Å². The van der Waals surface area contributed by atoms with E-state index >= 15 is 0 Å². The van der Waals surface area contributed by atoms with Crippen molar-refractivity contribution in [1.29, 1.82) is 0 Å². The van der Waals surface area contributed by atoms with Gasteiger partial charge in [0.25, 0.3) is 0 Å². The fourth-order valence-corrected chi connectivity index (χ4v) is 7.94. The number of carbonyl (C=O) groups excluding carboxylic acids is 1. The van der Waals surface area contributed by atoms with E-state index in [4.69, 9.17) is 14.2 Å². The van der Waals surface area contributed by atoms with Gasteiger partial charge in [-0.1, -0.05) is 60.1 Å². The average molecular weight is 584 g/mol. The summed E-state index contributed by atoms with van der Waals surface area (Å²) in [6.07, 6.45) is 7.10. The first-order valence-corrected chi connectivity index (χ1v) is 14.3. The van der Waals surface area contributed by atoms with Crippen LogP contribution in [0, 0.1) is 22.7 Å². The van der Waals surface area contributed by atoms with E-state index in [-0.39, 0.29) is 29.5 Å². The molecule has 8 heteroatoms. The summed E-state index contributed by atoms with van der Waals surface area (Å²) in [5, 5.41) is 17.6. The maximum Gasteiger partial charge on any atom is 0.336 e. The molecule has 4 fully saturated rings. The van der Waals surface area contributed by atoms with Crippen molar-refractivity contribution < 1.29 is 24.1 Å². The van der Waals surface area contributed by atoms with Gasteiger partial charge in [0, 0.05) is 15.5 Å². The van der Waals surface area contributed by atoms with Crippen LogP contribution in [0.5, 0.6) is 0 Å². The first kappa shape index (κ1) is 26.0. The van der Waals surface area contributed by atoms with Gasteiger partial charge in [0.05, 0.1) is 35.7 Å². The third-order valence-corrected chi connectivity index (χ3v) is 10.3. The molecule has 1 aromatic heterocycles. The molecular weight excluding hydrogens is 548 g/mol. The van der Waals surface area contributed by atoms with Crippen molar-refractivity contribution >= 4 is 21.9 Å². The largest absolute Gasteiger partial charge is 0.459 e. The van der Waals surface area contributed by atoms with Gasteiger partial charge >= 0.3 is 5.97 Å². The highest BCUT2D eigenvalue weighted by molar-refractivity contribution is 9.10. The molecule has 0 radical (unpaired) electrons. The number of ether oxygens (including phenoxy) is 3. The van der Waals surface area contributed by atoms with Crippen LogP contribution < -0.4 is 0 Å². The van der Waals surface area contributed by atoms with Gasteiger partial charge < -0.3 is 19.3 Å². The highest BCUT2D eigenvalue weighted by Gasteiger charge is 2.60. The molecule has 202 valence electrons. The van der Waals surface area contributed by atoms with E-state index < -0.39 is 18.4 Å². The first-order valence-electron chi connectivity index (χ1n) is 13.5. The van der Waals surface area contributed by atoms with Crippen molar-refractivity contribution in [2.45, 2.75) is 64.4 Å². The van der Waals surface area contributed by atoms with Crippen molar-refractivity contribution in [3.8, 4) is 11.3 Å². The van der Waals surface area contributed by atoms with E-state index in [9.17, 15) is 9.90 Å². The summed E-state index contributed by atoms with van der Waals surface area (Å²) in [5.74, 6) is 0.209. The number of aromatic amines is 1. The first-order chi connectivity index (χ1) is 18.2. The molecule has 2 N–H and O–H groups in total. The number of nitrogens with zero attached hydrogens (tertiary/aromatic N) is 1. The van der Waals surface area contributed by atoms with E-state index in [0.717, 1.165) is 47.0 Å². The Bertz CT molecular complexity index is 1270. The van der Waals surface area contributed by atoms with Crippen molar-refractivity contribution in [3.63, 3.8) is 0 Å². The Morgan fingerprint density at radius 1 is 1.24 bits per heavy atom. The summed E-state index contributed by atoms with van der Waals surface area (Å²) in [7, 11) is 0. The van der Waals surface area contributed by atoms with Crippen LogP contribution in [0.25, 0.3) is 11.3 Å². The highest BCUT2D eigenvalue weighted by atomic mass is 79.9. The van der Waals surface area contributed by atoms with E-state index in [1.807, 2.05) is 24.4 Å². The summed E-state index contributed by atoms with van der Waals surface area (Å²) in [6, 6.07) is 8.13. The number of allylic oxidation sites excluding steroid dienone is 2. The van der Waals surface area contributed by atoms with Gasteiger partial charge in [-0.3, -0.25) is 5.10 Å². The number of H-pyrrole nitrogens is 1. The number of aliphatic hydroxyl groups excluding tert-OH is 1. The SMILES string of the molecule is C=C1CC[C@@H]2[C@]3(C)COC(c4cn[nH]c4-c4ccc(Br)cc4)O[C@@H]3CC[C@@]2(C)[C@@H]1C/C=C1/C(=O)OCC1O. The van der Waals surface area contributed by atoms with Gasteiger partial charge in [0.1, 0.15) is 12.7 Å². The Balaban J connectivity index is 1.23. The third kappa shape index (κ3) is 4.21. The normalized spacial score (nSPS) is 38.1. The van der Waals surface area contributed by atoms with Gasteiger partial charge in [-0.15, -0.1) is 0 Å². The molecule has 2 aliphatic carbocycles. The lowest BCUT2D eigenvalue weighted by Crippen LogP contribution is -2.60. The summed E-state index contributed by atoms with van der Waals surface area (Å²) >= 11 is 3.50. The summed E-state index contributed by atoms with van der Waals surface area (Å²) in [4.78, 5) is 12.1. The smallest absolute Gasteiger partial charge is 0.336 e. The van der Waals surface area contributed by atoms with Gasteiger partial charge in [-0.25, -0.2) is 4.79 Å². The molecule has 7 nitrogen and oxygen atoms in total. The van der Waals surface area contributed by atoms with E-state index in [0.29, 0.717) is 24.5 Å². The lowest BCUT2D eigenvalue weighted by molar-refractivity contribution is -0.307. The zero-order valence-electron chi connectivity index (χ0n) is 21.9. The number of nitrogens with one attached hydrogen (secondary N) is 1. The zero-order valence-corrected chi connectivity index (χ0v) is 23.5. The second-order valence-corrected chi connectivity index (χ2v) is 12.8. The Labute approximate surface area is 231 Å². The number of carbonyl (C=O) groups is 1. The molecule has 0 spiro atoms. The summed E-state index contributed by atoms with van der Waals surface area (Å²) in [6.45, 7) is 9.81. The Kier molecular flexibility index (Phi) is 6.66. The topological polar surface area (TPSA) is 93.7 Å². The second kappa shape index (κ2) is 9.73. The lowest BCUT2D eigenvalue weighted by Gasteiger charge is -2.62. The molecule has 38 heavy (non-hydrogen) atoms. The Morgan fingerprint density at radius 3 is 2.76 bits per heavy atom. The van der Waals surface area contributed by atoms with Crippen LogP contribution >= 0.6 is 15.9 Å². The Morgan fingerprint density at radius 2 is 2.03 bits per heavy atom. The molecule has 2 saturated heterocycles. The number of benzene rings is 1. The van der Waals surface area contributed by atoms with Crippen molar-refractivity contribution in [2.24, 2.45) is 22.7 Å². The molecule has 2 aromatic rings. The molecule has 6 rings (SSSR count). The minimum absolute atomic E-state index is 0.00286. The number of hydrogen-bond acceptors (Lipinski definition) is 6. The summed E-state index contributed by atoms with van der Waals surface area (Å²) < 4.78 is 19.3. The number of aromatic nitrogens is 2. The third-order valence-electron chi connectivity index (χ3n) is 9.75. The predicted octanol–water partition coefficient (Wildman–Crippen LogP) is 5.88. The molecule has 2 unspecified atom stereocenters. The number of cyclic esters (lactones) is 1. The number of esters is 1. The molecule has 0 bridgehead atoms. The molecule has 2 saturated carbocycles.